The van der Waals surface area contributed by atoms with Crippen molar-refractivity contribution < 1.29 is 18.3 Å². The van der Waals surface area contributed by atoms with Gasteiger partial charge in [-0.05, 0) is 32.0 Å². The molecule has 6 rings (SSSR count). The third-order valence-corrected chi connectivity index (χ3v) is 7.58. The number of alkyl halides is 1. The van der Waals surface area contributed by atoms with Gasteiger partial charge in [0.2, 0.25) is 11.9 Å². The molecule has 3 aromatic heterocycles. The number of methoxy groups -OCH3 is 1. The molecule has 2 aliphatic rings. The number of benzene rings is 1. The number of carbonyl (C=O) groups excluding carboxylic acids is 1. The van der Waals surface area contributed by atoms with Crippen LogP contribution in [0, 0.1) is 5.82 Å². The molecule has 2 aliphatic heterocycles. The highest BCUT2D eigenvalue weighted by atomic mass is 19.1. The van der Waals surface area contributed by atoms with Crippen LogP contribution in [0.25, 0.3) is 22.2 Å². The van der Waals surface area contributed by atoms with E-state index in [1.807, 2.05) is 11.0 Å². The Morgan fingerprint density at radius 2 is 2.05 bits per heavy atom. The SMILES string of the molecule is COc1nn(C)cc1Nc1ncc(F)c(-c2c[nH]c3c(NC(=O)[C@H]4C[C@H](F)CN4C4CCNCC4)cccc23)n1. The predicted octanol–water partition coefficient (Wildman–Crippen LogP) is 3.35. The summed E-state index contributed by atoms with van der Waals surface area (Å²) in [5, 5.41) is 14.2. The van der Waals surface area contributed by atoms with E-state index in [1.165, 1.54) is 7.11 Å². The molecule has 0 unspecified atom stereocenters. The zero-order valence-corrected chi connectivity index (χ0v) is 22.2. The van der Waals surface area contributed by atoms with Crippen molar-refractivity contribution in [2.45, 2.75) is 37.5 Å². The Labute approximate surface area is 229 Å². The van der Waals surface area contributed by atoms with E-state index in [1.54, 1.807) is 36.3 Å². The number of halogens is 2. The van der Waals surface area contributed by atoms with Crippen LogP contribution in [0.15, 0.2) is 36.8 Å². The Morgan fingerprint density at radius 1 is 1.23 bits per heavy atom. The lowest BCUT2D eigenvalue weighted by molar-refractivity contribution is -0.121. The number of rotatable bonds is 7. The van der Waals surface area contributed by atoms with Gasteiger partial charge in [0, 0.05) is 43.2 Å². The molecule has 11 nitrogen and oxygen atoms in total. The lowest BCUT2D eigenvalue weighted by Crippen LogP contribution is -2.49. The van der Waals surface area contributed by atoms with Gasteiger partial charge in [0.25, 0.3) is 5.88 Å². The fourth-order valence-electron chi connectivity index (χ4n) is 5.72. The lowest BCUT2D eigenvalue weighted by atomic mass is 10.0. The summed E-state index contributed by atoms with van der Waals surface area (Å²) in [5.74, 6) is -0.324. The van der Waals surface area contributed by atoms with Crippen LogP contribution >= 0.6 is 0 Å². The summed E-state index contributed by atoms with van der Waals surface area (Å²) in [6, 6.07) is 5.02. The first-order valence-corrected chi connectivity index (χ1v) is 13.3. The average Bonchev–Trinajstić information content (AvgIpc) is 3.67. The first-order valence-electron chi connectivity index (χ1n) is 13.3. The second-order valence-corrected chi connectivity index (χ2v) is 10.2. The monoisotopic (exact) mass is 551 g/mol. The number of likely N-dealkylation sites (tertiary alicyclic amines) is 1. The second-order valence-electron chi connectivity index (χ2n) is 10.2. The van der Waals surface area contributed by atoms with Gasteiger partial charge in [0.05, 0.1) is 36.7 Å². The van der Waals surface area contributed by atoms with E-state index in [0.717, 1.165) is 32.1 Å². The topological polar surface area (TPSA) is 125 Å². The number of H-pyrrole nitrogens is 1. The first-order chi connectivity index (χ1) is 19.4. The van der Waals surface area contributed by atoms with Crippen molar-refractivity contribution in [2.75, 3.05) is 37.4 Å². The zero-order chi connectivity index (χ0) is 27.8. The van der Waals surface area contributed by atoms with Crippen LogP contribution in [0.5, 0.6) is 5.88 Å². The summed E-state index contributed by atoms with van der Waals surface area (Å²) >= 11 is 0. The van der Waals surface area contributed by atoms with Crippen LogP contribution in [0.3, 0.4) is 0 Å². The largest absolute Gasteiger partial charge is 0.478 e. The average molecular weight is 552 g/mol. The molecular formula is C27H31F2N9O2. The number of hydrogen-bond acceptors (Lipinski definition) is 8. The number of nitrogens with one attached hydrogen (secondary N) is 4. The molecule has 1 aromatic carbocycles. The molecule has 4 aromatic rings. The number of nitrogens with zero attached hydrogens (tertiary/aromatic N) is 5. The number of carbonyl (C=O) groups is 1. The Bertz CT molecular complexity index is 1530. The van der Waals surface area contributed by atoms with E-state index in [-0.39, 0.29) is 36.6 Å². The summed E-state index contributed by atoms with van der Waals surface area (Å²) in [4.78, 5) is 27.1. The number of aromatic amines is 1. The molecule has 5 heterocycles. The molecule has 40 heavy (non-hydrogen) atoms. The highest BCUT2D eigenvalue weighted by Gasteiger charge is 2.41. The third kappa shape index (κ3) is 4.97. The molecule has 0 spiro atoms. The van der Waals surface area contributed by atoms with E-state index in [9.17, 15) is 13.6 Å². The van der Waals surface area contributed by atoms with Gasteiger partial charge < -0.3 is 25.7 Å². The maximum Gasteiger partial charge on any atom is 0.256 e. The summed E-state index contributed by atoms with van der Waals surface area (Å²) in [6.07, 6.45) is 5.37. The Morgan fingerprint density at radius 3 is 2.85 bits per heavy atom. The number of hydrogen-bond donors (Lipinski definition) is 4. The van der Waals surface area contributed by atoms with Gasteiger partial charge in [-0.2, -0.15) is 0 Å². The minimum Gasteiger partial charge on any atom is -0.478 e. The van der Waals surface area contributed by atoms with Gasteiger partial charge in [-0.3, -0.25) is 14.4 Å². The van der Waals surface area contributed by atoms with Crippen LogP contribution in [0.2, 0.25) is 0 Å². The van der Waals surface area contributed by atoms with Gasteiger partial charge in [-0.25, -0.2) is 18.7 Å². The number of fused-ring (bicyclic) bond motifs is 1. The number of aromatic nitrogens is 5. The van der Waals surface area contributed by atoms with Crippen molar-refractivity contribution in [1.29, 1.82) is 0 Å². The second kappa shape index (κ2) is 10.8. The summed E-state index contributed by atoms with van der Waals surface area (Å²) in [6.45, 7) is 2.00. The van der Waals surface area contributed by atoms with Crippen LogP contribution in [0.1, 0.15) is 19.3 Å². The summed E-state index contributed by atoms with van der Waals surface area (Å²) in [5.41, 5.74) is 2.29. The Balaban J connectivity index is 1.26. The minimum absolute atomic E-state index is 0.0863. The van der Waals surface area contributed by atoms with Crippen molar-refractivity contribution in [3.8, 4) is 17.1 Å². The first kappa shape index (κ1) is 26.1. The molecule has 2 fully saturated rings. The molecule has 2 atom stereocenters. The van der Waals surface area contributed by atoms with Crippen molar-refractivity contribution in [1.82, 2.24) is 34.9 Å². The van der Waals surface area contributed by atoms with Crippen LogP contribution in [-0.4, -0.2) is 80.5 Å². The Kier molecular flexibility index (Phi) is 7.07. The normalized spacial score (nSPS) is 20.2. The van der Waals surface area contributed by atoms with Crippen molar-refractivity contribution in [3.63, 3.8) is 0 Å². The quantitative estimate of drug-likeness (QED) is 0.276. The summed E-state index contributed by atoms with van der Waals surface area (Å²) in [7, 11) is 3.25. The van der Waals surface area contributed by atoms with Gasteiger partial charge in [0.15, 0.2) is 5.82 Å². The number of ether oxygens (including phenoxy) is 1. The fraction of sp³-hybridized carbons (Fsp3) is 0.407. The molecule has 13 heteroatoms. The van der Waals surface area contributed by atoms with E-state index >= 15 is 0 Å². The number of para-hydroxylation sites is 1. The molecule has 0 bridgehead atoms. The summed E-state index contributed by atoms with van der Waals surface area (Å²) < 4.78 is 36.3. The van der Waals surface area contributed by atoms with Gasteiger partial charge in [0.1, 0.15) is 17.6 Å². The van der Waals surface area contributed by atoms with Crippen LogP contribution < -0.4 is 20.7 Å². The maximum absolute atomic E-state index is 15.0. The molecule has 0 saturated carbocycles. The number of piperidine rings is 1. The van der Waals surface area contributed by atoms with E-state index in [2.05, 4.69) is 36.0 Å². The van der Waals surface area contributed by atoms with Crippen molar-refractivity contribution in [2.24, 2.45) is 7.05 Å². The van der Waals surface area contributed by atoms with E-state index < -0.39 is 18.0 Å². The third-order valence-electron chi connectivity index (χ3n) is 7.58. The van der Waals surface area contributed by atoms with Crippen LogP contribution in [-0.2, 0) is 11.8 Å². The lowest BCUT2D eigenvalue weighted by Gasteiger charge is -2.34. The predicted molar refractivity (Wildman–Crippen MR) is 147 cm³/mol. The van der Waals surface area contributed by atoms with E-state index in [4.69, 9.17) is 4.74 Å². The molecular weight excluding hydrogens is 520 g/mol. The molecule has 0 radical (unpaired) electrons. The number of amides is 1. The molecule has 210 valence electrons. The number of anilines is 3. The highest BCUT2D eigenvalue weighted by Crippen LogP contribution is 2.35. The van der Waals surface area contributed by atoms with Gasteiger partial charge in [-0.1, -0.05) is 12.1 Å². The van der Waals surface area contributed by atoms with Gasteiger partial charge >= 0.3 is 0 Å². The minimum atomic E-state index is -1.03. The van der Waals surface area contributed by atoms with Crippen molar-refractivity contribution in [3.05, 3.63) is 42.6 Å². The van der Waals surface area contributed by atoms with Gasteiger partial charge in [-0.15, -0.1) is 5.10 Å². The molecule has 1 amide bonds. The molecule has 2 saturated heterocycles. The highest BCUT2D eigenvalue weighted by molar-refractivity contribution is 6.06. The standard InChI is InChI=1S/C27H31F2N9O2/c1-37-14-21(26(36-37)40-2)34-27-32-12-19(29)23(35-27)18-11-31-24-17(18)4-3-5-20(24)33-25(39)22-10-15(28)13-38(22)16-6-8-30-9-7-16/h3-5,11-12,14-16,22,30-31H,6-10,13H2,1-2H3,(H,33,39)(H,32,34,35)/t15-,22+/m0/s1. The zero-order valence-electron chi connectivity index (χ0n) is 22.2. The molecule has 0 aliphatic carbocycles. The molecule has 4 N–H and O–H groups in total. The maximum atomic E-state index is 15.0. The number of aryl methyl sites for hydroxylation is 1. The van der Waals surface area contributed by atoms with E-state index in [0.29, 0.717) is 33.7 Å². The fourth-order valence-corrected chi connectivity index (χ4v) is 5.72. The smallest absolute Gasteiger partial charge is 0.256 e. The van der Waals surface area contributed by atoms with Crippen LogP contribution in [0.4, 0.5) is 26.1 Å². The van der Waals surface area contributed by atoms with Crippen molar-refractivity contribution >= 4 is 34.1 Å². The Hall–Kier alpha value is -4.10.